The zero-order valence-corrected chi connectivity index (χ0v) is 23.4. The van der Waals surface area contributed by atoms with Crippen molar-refractivity contribution in [3.63, 3.8) is 0 Å². The monoisotopic (exact) mass is 568 g/mol. The van der Waals surface area contributed by atoms with Gasteiger partial charge in [-0.25, -0.2) is 4.39 Å². The Morgan fingerprint density at radius 2 is 1.30 bits per heavy atom. The summed E-state index contributed by atoms with van der Waals surface area (Å²) < 4.78 is 85.7. The van der Waals surface area contributed by atoms with E-state index in [1.165, 1.54) is 89.2 Å². The molecule has 222 valence electrons. The first kappa shape index (κ1) is 30.8. The molecule has 0 amide bonds. The molecule has 0 bridgehead atoms. The smallest absolute Gasteiger partial charge is 0.426 e. The minimum Gasteiger partial charge on any atom is -0.429 e. The predicted octanol–water partition coefficient (Wildman–Crippen LogP) is 11.1. The maximum Gasteiger partial charge on any atom is 0.426 e. The van der Waals surface area contributed by atoms with Gasteiger partial charge in [0.2, 0.25) is 0 Å². The van der Waals surface area contributed by atoms with E-state index in [1.807, 2.05) is 0 Å². The molecule has 0 radical (unpaired) electrons. The lowest BCUT2D eigenvalue weighted by molar-refractivity contribution is -0.186. The number of alkyl halides is 5. The van der Waals surface area contributed by atoms with Gasteiger partial charge in [0.15, 0.2) is 0 Å². The van der Waals surface area contributed by atoms with Crippen LogP contribution in [0.15, 0.2) is 42.5 Å². The third-order valence-electron chi connectivity index (χ3n) is 9.29. The van der Waals surface area contributed by atoms with Crippen LogP contribution in [0.25, 0.3) is 0 Å². The van der Waals surface area contributed by atoms with Crippen molar-refractivity contribution in [1.29, 1.82) is 0 Å². The number of benzene rings is 2. The summed E-state index contributed by atoms with van der Waals surface area (Å²) in [4.78, 5) is 0. The van der Waals surface area contributed by atoms with E-state index in [-0.39, 0.29) is 11.8 Å². The van der Waals surface area contributed by atoms with Gasteiger partial charge in [-0.15, -0.1) is 0 Å². The van der Waals surface area contributed by atoms with Crippen molar-refractivity contribution in [3.05, 3.63) is 65.0 Å². The Morgan fingerprint density at radius 1 is 0.725 bits per heavy atom. The Morgan fingerprint density at radius 3 is 1.82 bits per heavy atom. The summed E-state index contributed by atoms with van der Waals surface area (Å²) in [6.07, 6.45) is 9.30. The second-order valence-electron chi connectivity index (χ2n) is 12.1. The van der Waals surface area contributed by atoms with Crippen molar-refractivity contribution in [1.82, 2.24) is 0 Å². The molecule has 2 aromatic carbocycles. The van der Waals surface area contributed by atoms with E-state index in [9.17, 15) is 26.3 Å². The second-order valence-corrected chi connectivity index (χ2v) is 12.1. The summed E-state index contributed by atoms with van der Waals surface area (Å²) in [5.74, 6) is 1.54. The number of rotatable bonds is 11. The summed E-state index contributed by atoms with van der Waals surface area (Å²) >= 11 is 0. The van der Waals surface area contributed by atoms with Crippen LogP contribution in [0.4, 0.5) is 26.3 Å². The van der Waals surface area contributed by atoms with Crippen LogP contribution in [0.1, 0.15) is 107 Å². The number of ether oxygens (including phenoxy) is 1. The van der Waals surface area contributed by atoms with Crippen LogP contribution < -0.4 is 4.74 Å². The summed E-state index contributed by atoms with van der Waals surface area (Å²) in [6, 6.07) is 7.35. The molecule has 2 aliphatic carbocycles. The molecule has 0 aromatic heterocycles. The minimum atomic E-state index is -4.96. The highest BCUT2D eigenvalue weighted by Crippen LogP contribution is 2.43. The molecule has 2 fully saturated rings. The highest BCUT2D eigenvalue weighted by Gasteiger charge is 2.39. The van der Waals surface area contributed by atoms with Crippen molar-refractivity contribution >= 4 is 0 Å². The second kappa shape index (κ2) is 13.7. The molecule has 0 atom stereocenters. The summed E-state index contributed by atoms with van der Waals surface area (Å²) in [7, 11) is 0. The molecule has 40 heavy (non-hydrogen) atoms. The van der Waals surface area contributed by atoms with Crippen LogP contribution in [0, 0.1) is 29.5 Å². The first-order valence-corrected chi connectivity index (χ1v) is 15.1. The molecule has 0 spiro atoms. The van der Waals surface area contributed by atoms with E-state index >= 15 is 0 Å². The molecule has 0 N–H and O–H groups in total. The lowest BCUT2D eigenvalue weighted by Gasteiger charge is -2.38. The van der Waals surface area contributed by atoms with Gasteiger partial charge in [-0.2, -0.15) is 22.0 Å². The largest absolute Gasteiger partial charge is 0.429 e. The van der Waals surface area contributed by atoms with Crippen molar-refractivity contribution < 1.29 is 31.1 Å². The standard InChI is InChI=1S/C33H42F6O/c1-2-3-4-5-23-8-14-26(15-9-23)27-16-10-24(11-17-27)6-7-25-12-19-29(20-13-25)40-33(38,39)28-18-21-30(31(34)22-28)32(35,36)37/h12-13,18-24,26-27H,2-11,14-17H2,1H3. The van der Waals surface area contributed by atoms with E-state index in [4.69, 9.17) is 4.74 Å². The number of unbranched alkanes of at least 4 members (excludes halogenated alkanes) is 2. The van der Waals surface area contributed by atoms with Crippen LogP contribution >= 0.6 is 0 Å². The van der Waals surface area contributed by atoms with Crippen molar-refractivity contribution in [3.8, 4) is 5.75 Å². The third-order valence-corrected chi connectivity index (χ3v) is 9.29. The van der Waals surface area contributed by atoms with Crippen LogP contribution in [-0.4, -0.2) is 0 Å². The lowest BCUT2D eigenvalue weighted by Crippen LogP contribution is -2.26. The van der Waals surface area contributed by atoms with E-state index in [0.29, 0.717) is 18.1 Å². The summed E-state index contributed by atoms with van der Waals surface area (Å²) in [5, 5.41) is 0. The third kappa shape index (κ3) is 8.42. The first-order valence-electron chi connectivity index (χ1n) is 15.1. The van der Waals surface area contributed by atoms with Crippen LogP contribution in [0.5, 0.6) is 5.75 Å². The Hall–Kier alpha value is -2.18. The van der Waals surface area contributed by atoms with Crippen molar-refractivity contribution in [2.75, 3.05) is 0 Å². The fourth-order valence-corrected chi connectivity index (χ4v) is 6.81. The van der Waals surface area contributed by atoms with Crippen LogP contribution in [0.3, 0.4) is 0 Å². The predicted molar refractivity (Wildman–Crippen MR) is 146 cm³/mol. The average Bonchev–Trinajstić information content (AvgIpc) is 2.93. The van der Waals surface area contributed by atoms with E-state index < -0.39 is 29.2 Å². The Labute approximate surface area is 234 Å². The van der Waals surface area contributed by atoms with E-state index in [0.717, 1.165) is 36.2 Å². The van der Waals surface area contributed by atoms with E-state index in [2.05, 4.69) is 6.92 Å². The number of aryl methyl sites for hydroxylation is 1. The molecule has 1 nitrogen and oxygen atoms in total. The average molecular weight is 569 g/mol. The van der Waals surface area contributed by atoms with Gasteiger partial charge >= 0.3 is 12.3 Å². The first-order chi connectivity index (χ1) is 19.0. The van der Waals surface area contributed by atoms with Gasteiger partial charge in [-0.3, -0.25) is 0 Å². The topological polar surface area (TPSA) is 9.23 Å². The molecule has 2 aliphatic rings. The highest BCUT2D eigenvalue weighted by molar-refractivity contribution is 5.31. The van der Waals surface area contributed by atoms with Crippen molar-refractivity contribution in [2.45, 2.75) is 109 Å². The molecule has 0 saturated heterocycles. The van der Waals surface area contributed by atoms with Gasteiger partial charge in [0.1, 0.15) is 11.6 Å². The zero-order valence-electron chi connectivity index (χ0n) is 23.4. The minimum absolute atomic E-state index is 0.130. The summed E-state index contributed by atoms with van der Waals surface area (Å²) in [6.45, 7) is 2.27. The van der Waals surface area contributed by atoms with Gasteiger partial charge in [-0.1, -0.05) is 70.4 Å². The van der Waals surface area contributed by atoms with Gasteiger partial charge in [0, 0.05) is 0 Å². The van der Waals surface area contributed by atoms with E-state index in [1.54, 1.807) is 12.1 Å². The zero-order chi connectivity index (χ0) is 28.8. The number of hydrogen-bond donors (Lipinski definition) is 0. The molecule has 0 unspecified atom stereocenters. The van der Waals surface area contributed by atoms with Gasteiger partial charge in [-0.05, 0) is 98.1 Å². The highest BCUT2D eigenvalue weighted by atomic mass is 19.4. The molecular weight excluding hydrogens is 526 g/mol. The fourth-order valence-electron chi connectivity index (χ4n) is 6.81. The summed E-state index contributed by atoms with van der Waals surface area (Å²) in [5.41, 5.74) is -1.54. The molecular formula is C33H42F6O. The Kier molecular flexibility index (Phi) is 10.5. The van der Waals surface area contributed by atoms with Gasteiger partial charge < -0.3 is 4.74 Å². The molecule has 0 heterocycles. The Bertz CT molecular complexity index is 1050. The van der Waals surface area contributed by atoms with Gasteiger partial charge in [0.25, 0.3) is 0 Å². The fraction of sp³-hybridized carbons (Fsp3) is 0.636. The quantitative estimate of drug-likeness (QED) is 0.194. The normalized spacial score (nSPS) is 24.2. The molecule has 7 heteroatoms. The lowest BCUT2D eigenvalue weighted by atomic mass is 9.68. The molecule has 0 aliphatic heterocycles. The van der Waals surface area contributed by atoms with Crippen molar-refractivity contribution in [2.24, 2.45) is 23.7 Å². The number of hydrogen-bond acceptors (Lipinski definition) is 1. The Balaban J connectivity index is 1.19. The maximum atomic E-state index is 14.5. The van der Waals surface area contributed by atoms with Crippen LogP contribution in [-0.2, 0) is 18.7 Å². The number of halogens is 6. The van der Waals surface area contributed by atoms with Gasteiger partial charge in [0.05, 0.1) is 11.1 Å². The molecule has 4 rings (SSSR count). The molecule has 2 aromatic rings. The maximum absolute atomic E-state index is 14.5. The van der Waals surface area contributed by atoms with Crippen LogP contribution in [0.2, 0.25) is 0 Å². The molecule has 2 saturated carbocycles. The SMILES string of the molecule is CCCCCC1CCC(C2CCC(CCc3ccc(OC(F)(F)c4ccc(C(F)(F)F)c(F)c4)cc3)CC2)CC1.